The number of carbonyl (C=O) groups is 1. The van der Waals surface area contributed by atoms with Gasteiger partial charge in [-0.25, -0.2) is 0 Å². The van der Waals surface area contributed by atoms with Crippen LogP contribution in [0.1, 0.15) is 25.8 Å². The fraction of sp³-hybridized carbons (Fsp3) is 0.650. The van der Waals surface area contributed by atoms with Crippen LogP contribution in [0.3, 0.4) is 0 Å². The number of aryl methyl sites for hydroxylation is 1. The van der Waals surface area contributed by atoms with E-state index >= 15 is 0 Å². The smallest absolute Gasteiger partial charge is 0.240 e. The molecule has 2 saturated heterocycles. The largest absolute Gasteiger partial charge is 0.492 e. The molecule has 2 aliphatic rings. The molecule has 1 atom stereocenters. The summed E-state index contributed by atoms with van der Waals surface area (Å²) in [4.78, 5) is 19.4. The third-order valence-corrected chi connectivity index (χ3v) is 5.44. The van der Waals surface area contributed by atoms with E-state index in [1.165, 1.54) is 5.56 Å². The highest BCUT2D eigenvalue weighted by Gasteiger charge is 2.37. The van der Waals surface area contributed by atoms with Crippen molar-refractivity contribution in [2.45, 2.75) is 39.3 Å². The topological polar surface area (TPSA) is 36.0 Å². The molecular formula is C20H31N3O2. The lowest BCUT2D eigenvalue weighted by atomic mass is 10.2. The number of nitrogens with zero attached hydrogens (tertiary/aromatic N) is 3. The van der Waals surface area contributed by atoms with Gasteiger partial charge in [0.2, 0.25) is 5.91 Å². The zero-order valence-corrected chi connectivity index (χ0v) is 15.8. The van der Waals surface area contributed by atoms with Gasteiger partial charge in [0.05, 0.1) is 6.04 Å². The van der Waals surface area contributed by atoms with E-state index in [2.05, 4.69) is 36.6 Å². The molecule has 2 fully saturated rings. The van der Waals surface area contributed by atoms with E-state index < -0.39 is 0 Å². The molecule has 0 bridgehead atoms. The monoisotopic (exact) mass is 345 g/mol. The van der Waals surface area contributed by atoms with E-state index in [0.29, 0.717) is 18.6 Å². The predicted octanol–water partition coefficient (Wildman–Crippen LogP) is 2.00. The van der Waals surface area contributed by atoms with Crippen molar-refractivity contribution in [2.24, 2.45) is 0 Å². The van der Waals surface area contributed by atoms with Crippen LogP contribution >= 0.6 is 0 Å². The van der Waals surface area contributed by atoms with E-state index in [1.807, 2.05) is 23.1 Å². The van der Waals surface area contributed by atoms with Crippen molar-refractivity contribution >= 4 is 5.91 Å². The second kappa shape index (κ2) is 8.19. The first kappa shape index (κ1) is 18.2. The number of ether oxygens (including phenoxy) is 1. The molecule has 1 amide bonds. The summed E-state index contributed by atoms with van der Waals surface area (Å²) in [5.74, 6) is 1.30. The van der Waals surface area contributed by atoms with Gasteiger partial charge in [-0.2, -0.15) is 0 Å². The van der Waals surface area contributed by atoms with Crippen LogP contribution in [0.2, 0.25) is 0 Å². The molecule has 3 rings (SSSR count). The van der Waals surface area contributed by atoms with Crippen LogP contribution < -0.4 is 4.74 Å². The van der Waals surface area contributed by atoms with Crippen molar-refractivity contribution in [2.75, 3.05) is 45.9 Å². The van der Waals surface area contributed by atoms with E-state index in [-0.39, 0.29) is 6.04 Å². The zero-order valence-electron chi connectivity index (χ0n) is 15.8. The lowest BCUT2D eigenvalue weighted by Crippen LogP contribution is -2.53. The Bertz CT molecular complexity index is 582. The van der Waals surface area contributed by atoms with Gasteiger partial charge in [-0.05, 0) is 38.8 Å². The highest BCUT2D eigenvalue weighted by Crippen LogP contribution is 2.21. The first-order valence-corrected chi connectivity index (χ1v) is 9.51. The van der Waals surface area contributed by atoms with Crippen molar-refractivity contribution in [3.05, 3.63) is 29.8 Å². The van der Waals surface area contributed by atoms with Crippen LogP contribution in [0.5, 0.6) is 5.75 Å². The molecule has 25 heavy (non-hydrogen) atoms. The fourth-order valence-electron chi connectivity index (χ4n) is 3.84. The van der Waals surface area contributed by atoms with Crippen LogP contribution in [-0.4, -0.2) is 78.6 Å². The molecule has 2 heterocycles. The molecule has 0 N–H and O–H groups in total. The molecule has 1 aromatic rings. The number of hydrogen-bond acceptors (Lipinski definition) is 4. The van der Waals surface area contributed by atoms with Crippen molar-refractivity contribution in [1.82, 2.24) is 14.7 Å². The van der Waals surface area contributed by atoms with E-state index in [0.717, 1.165) is 51.4 Å². The van der Waals surface area contributed by atoms with Crippen LogP contribution in [0.15, 0.2) is 24.3 Å². The number of carbonyl (C=O) groups excluding carboxylic acids is 1. The third-order valence-electron chi connectivity index (χ3n) is 5.44. The molecule has 0 saturated carbocycles. The lowest BCUT2D eigenvalue weighted by molar-refractivity contribution is -0.134. The minimum Gasteiger partial charge on any atom is -0.492 e. The first-order valence-electron chi connectivity index (χ1n) is 9.51. The van der Waals surface area contributed by atoms with E-state index in [4.69, 9.17) is 4.74 Å². The molecule has 0 unspecified atom stereocenters. The fourth-order valence-corrected chi connectivity index (χ4v) is 3.84. The van der Waals surface area contributed by atoms with Crippen LogP contribution in [0, 0.1) is 6.92 Å². The summed E-state index contributed by atoms with van der Waals surface area (Å²) in [5.41, 5.74) is 1.18. The van der Waals surface area contributed by atoms with Gasteiger partial charge in [0.15, 0.2) is 0 Å². The number of hydrogen-bond donors (Lipinski definition) is 0. The second-order valence-electron chi connectivity index (χ2n) is 7.42. The Morgan fingerprint density at radius 3 is 2.48 bits per heavy atom. The van der Waals surface area contributed by atoms with Gasteiger partial charge in [0.25, 0.3) is 0 Å². The molecule has 1 aromatic carbocycles. The Labute approximate surface area is 151 Å². The summed E-state index contributed by atoms with van der Waals surface area (Å²) in [6.45, 7) is 12.8. The normalized spacial score (nSPS) is 22.8. The minimum absolute atomic E-state index is 0.104. The summed E-state index contributed by atoms with van der Waals surface area (Å²) >= 11 is 0. The van der Waals surface area contributed by atoms with Crippen molar-refractivity contribution in [1.29, 1.82) is 0 Å². The predicted molar refractivity (Wildman–Crippen MR) is 99.9 cm³/mol. The summed E-state index contributed by atoms with van der Waals surface area (Å²) in [6, 6.07) is 8.57. The Morgan fingerprint density at radius 1 is 1.12 bits per heavy atom. The molecule has 5 nitrogen and oxygen atoms in total. The Morgan fingerprint density at radius 2 is 1.84 bits per heavy atom. The van der Waals surface area contributed by atoms with E-state index in [1.54, 1.807) is 0 Å². The van der Waals surface area contributed by atoms with Crippen molar-refractivity contribution in [3.8, 4) is 5.75 Å². The molecule has 138 valence electrons. The maximum Gasteiger partial charge on any atom is 0.240 e. The summed E-state index contributed by atoms with van der Waals surface area (Å²) in [6.07, 6.45) is 0.980. The number of rotatable bonds is 6. The van der Waals surface area contributed by atoms with E-state index in [9.17, 15) is 4.79 Å². The number of amides is 1. The van der Waals surface area contributed by atoms with Gasteiger partial charge in [-0.15, -0.1) is 0 Å². The molecule has 0 spiro atoms. The van der Waals surface area contributed by atoms with Gasteiger partial charge >= 0.3 is 0 Å². The number of para-hydroxylation sites is 1. The third kappa shape index (κ3) is 4.33. The Hall–Kier alpha value is -1.59. The second-order valence-corrected chi connectivity index (χ2v) is 7.42. The summed E-state index contributed by atoms with van der Waals surface area (Å²) < 4.78 is 5.91. The van der Waals surface area contributed by atoms with Crippen LogP contribution in [0.25, 0.3) is 0 Å². The van der Waals surface area contributed by atoms with Crippen LogP contribution in [-0.2, 0) is 4.79 Å². The quantitative estimate of drug-likeness (QED) is 0.790. The Kier molecular flexibility index (Phi) is 5.97. The number of piperazine rings is 1. The van der Waals surface area contributed by atoms with Gasteiger partial charge in [0, 0.05) is 45.3 Å². The molecule has 0 aromatic heterocycles. The SMILES string of the molecule is Cc1ccccc1OCCN1CCN([C@H]2CCN(C(C)C)C2=O)CC1. The molecule has 0 radical (unpaired) electrons. The highest BCUT2D eigenvalue weighted by molar-refractivity contribution is 5.84. The minimum atomic E-state index is 0.104. The van der Waals surface area contributed by atoms with Gasteiger partial charge in [-0.1, -0.05) is 18.2 Å². The van der Waals surface area contributed by atoms with Gasteiger partial charge < -0.3 is 9.64 Å². The zero-order chi connectivity index (χ0) is 17.8. The molecule has 2 aliphatic heterocycles. The Balaban J connectivity index is 1.40. The summed E-state index contributed by atoms with van der Waals surface area (Å²) in [7, 11) is 0. The van der Waals surface area contributed by atoms with Crippen LogP contribution in [0.4, 0.5) is 0 Å². The average Bonchev–Trinajstić information content (AvgIpc) is 2.99. The molecule has 5 heteroatoms. The average molecular weight is 345 g/mol. The summed E-state index contributed by atoms with van der Waals surface area (Å²) in [5, 5.41) is 0. The number of benzene rings is 1. The van der Waals surface area contributed by atoms with Gasteiger partial charge in [-0.3, -0.25) is 14.6 Å². The molecular weight excluding hydrogens is 314 g/mol. The molecule has 0 aliphatic carbocycles. The van der Waals surface area contributed by atoms with Crippen molar-refractivity contribution in [3.63, 3.8) is 0 Å². The maximum atomic E-state index is 12.5. The lowest BCUT2D eigenvalue weighted by Gasteiger charge is -2.37. The standard InChI is InChI=1S/C20H31N3O2/c1-16(2)23-9-8-18(20(23)24)22-12-10-21(11-13-22)14-15-25-19-7-5-4-6-17(19)3/h4-7,16,18H,8-15H2,1-3H3/t18-/m0/s1. The maximum absolute atomic E-state index is 12.5. The van der Waals surface area contributed by atoms with Gasteiger partial charge in [0.1, 0.15) is 12.4 Å². The first-order chi connectivity index (χ1) is 12.1. The number of likely N-dealkylation sites (tertiary alicyclic amines) is 1. The van der Waals surface area contributed by atoms with Crippen molar-refractivity contribution < 1.29 is 9.53 Å². The highest BCUT2D eigenvalue weighted by atomic mass is 16.5.